The third kappa shape index (κ3) is 5.67. The molecular weight excluding hydrogens is 408 g/mol. The molecule has 1 atom stereocenters. The minimum Gasteiger partial charge on any atom is -0.483 e. The first kappa shape index (κ1) is 22.9. The molecule has 3 aromatic rings. The lowest BCUT2D eigenvalue weighted by Crippen LogP contribution is -2.16. The zero-order valence-corrected chi connectivity index (χ0v) is 19.6. The first-order valence-electron chi connectivity index (χ1n) is 10.6. The van der Waals surface area contributed by atoms with Crippen molar-refractivity contribution in [3.05, 3.63) is 65.0 Å². The molecule has 0 saturated carbocycles. The summed E-state index contributed by atoms with van der Waals surface area (Å²) in [4.78, 5) is 12.5. The maximum absolute atomic E-state index is 12.5. The van der Waals surface area contributed by atoms with Gasteiger partial charge in [0.2, 0.25) is 5.91 Å². The monoisotopic (exact) mass is 438 g/mol. The number of aryl methyl sites for hydroxylation is 3. The van der Waals surface area contributed by atoms with Gasteiger partial charge in [0, 0.05) is 12.2 Å². The predicted molar refractivity (Wildman–Crippen MR) is 126 cm³/mol. The number of benzene rings is 2. The van der Waals surface area contributed by atoms with Crippen LogP contribution in [0.2, 0.25) is 0 Å². The number of para-hydroxylation sites is 1. The fourth-order valence-electron chi connectivity index (χ4n) is 3.38. The van der Waals surface area contributed by atoms with Crippen molar-refractivity contribution in [3.63, 3.8) is 0 Å². The van der Waals surface area contributed by atoms with Crippen molar-refractivity contribution in [2.24, 2.45) is 0 Å². The summed E-state index contributed by atoms with van der Waals surface area (Å²) in [7, 11) is 0. The van der Waals surface area contributed by atoms with E-state index in [4.69, 9.17) is 4.74 Å². The molecule has 0 aliphatic carbocycles. The molecule has 2 aromatic carbocycles. The first-order valence-corrected chi connectivity index (χ1v) is 11.6. The van der Waals surface area contributed by atoms with Crippen LogP contribution in [0.25, 0.3) is 0 Å². The third-order valence-corrected chi connectivity index (χ3v) is 6.11. The number of carbonyl (C=O) groups excluding carboxylic acids is 1. The number of aromatic nitrogens is 3. The number of hydrogen-bond acceptors (Lipinski definition) is 5. The number of hydrogen-bond donors (Lipinski definition) is 1. The molecule has 6 nitrogen and oxygen atoms in total. The van der Waals surface area contributed by atoms with Crippen LogP contribution >= 0.6 is 11.8 Å². The van der Waals surface area contributed by atoms with Gasteiger partial charge in [0.1, 0.15) is 5.75 Å². The van der Waals surface area contributed by atoms with Gasteiger partial charge in [0.25, 0.3) is 0 Å². The summed E-state index contributed by atoms with van der Waals surface area (Å²) >= 11 is 1.38. The van der Waals surface area contributed by atoms with Crippen LogP contribution in [0.5, 0.6) is 5.75 Å². The van der Waals surface area contributed by atoms with E-state index in [0.29, 0.717) is 11.7 Å². The molecule has 0 aliphatic rings. The van der Waals surface area contributed by atoms with Crippen molar-refractivity contribution in [1.82, 2.24) is 14.8 Å². The molecule has 0 aliphatic heterocycles. The molecule has 0 saturated heterocycles. The Kier molecular flexibility index (Phi) is 7.74. The third-order valence-electron chi connectivity index (χ3n) is 5.15. The van der Waals surface area contributed by atoms with Crippen molar-refractivity contribution in [2.75, 3.05) is 11.1 Å². The number of nitrogens with one attached hydrogen (secondary N) is 1. The van der Waals surface area contributed by atoms with Crippen LogP contribution in [0, 0.1) is 13.8 Å². The van der Waals surface area contributed by atoms with Gasteiger partial charge in [-0.05, 0) is 62.9 Å². The van der Waals surface area contributed by atoms with Crippen LogP contribution in [0.15, 0.2) is 47.6 Å². The van der Waals surface area contributed by atoms with Gasteiger partial charge in [0.15, 0.2) is 17.1 Å². The molecule has 7 heteroatoms. The lowest BCUT2D eigenvalue weighted by molar-refractivity contribution is -0.113. The number of anilines is 1. The summed E-state index contributed by atoms with van der Waals surface area (Å²) in [6, 6.07) is 14.1. The van der Waals surface area contributed by atoms with Gasteiger partial charge in [-0.1, -0.05) is 49.0 Å². The van der Waals surface area contributed by atoms with E-state index in [2.05, 4.69) is 34.6 Å². The Labute approximate surface area is 188 Å². The number of nitrogens with zero attached hydrogens (tertiary/aromatic N) is 3. The Morgan fingerprint density at radius 3 is 2.39 bits per heavy atom. The molecule has 0 spiro atoms. The Morgan fingerprint density at radius 2 is 1.77 bits per heavy atom. The van der Waals surface area contributed by atoms with Crippen molar-refractivity contribution >= 4 is 23.4 Å². The van der Waals surface area contributed by atoms with Gasteiger partial charge in [-0.15, -0.1) is 10.2 Å². The Hall–Kier alpha value is -2.80. The molecule has 0 radical (unpaired) electrons. The van der Waals surface area contributed by atoms with E-state index in [1.807, 2.05) is 62.6 Å². The molecular formula is C24H30N4O2S. The standard InChI is InChI=1S/C24H30N4O2S/c1-6-19-11-13-20(14-12-19)30-18(5)23-26-27-24(28(23)7-2)31-15-21(29)25-22-16(3)9-8-10-17(22)4/h8-14,18H,6-7,15H2,1-5H3,(H,25,29)/t18-/m0/s1. The van der Waals surface area contributed by atoms with E-state index in [1.165, 1.54) is 17.3 Å². The van der Waals surface area contributed by atoms with Crippen LogP contribution in [0.4, 0.5) is 5.69 Å². The zero-order valence-electron chi connectivity index (χ0n) is 18.8. The second kappa shape index (κ2) is 10.5. The second-order valence-corrected chi connectivity index (χ2v) is 8.39. The van der Waals surface area contributed by atoms with Gasteiger partial charge in [-0.25, -0.2) is 0 Å². The number of carbonyl (C=O) groups is 1. The minimum absolute atomic E-state index is 0.0603. The van der Waals surface area contributed by atoms with E-state index in [0.717, 1.165) is 34.8 Å². The van der Waals surface area contributed by atoms with E-state index in [1.54, 1.807) is 0 Å². The lowest BCUT2D eigenvalue weighted by Gasteiger charge is -2.16. The molecule has 0 bridgehead atoms. The largest absolute Gasteiger partial charge is 0.483 e. The number of amides is 1. The van der Waals surface area contributed by atoms with Gasteiger partial charge < -0.3 is 14.6 Å². The highest BCUT2D eigenvalue weighted by molar-refractivity contribution is 7.99. The molecule has 31 heavy (non-hydrogen) atoms. The molecule has 0 unspecified atom stereocenters. The van der Waals surface area contributed by atoms with Gasteiger partial charge in [-0.3, -0.25) is 4.79 Å². The topological polar surface area (TPSA) is 69.0 Å². The van der Waals surface area contributed by atoms with E-state index in [9.17, 15) is 4.79 Å². The highest BCUT2D eigenvalue weighted by Gasteiger charge is 2.19. The smallest absolute Gasteiger partial charge is 0.234 e. The van der Waals surface area contributed by atoms with E-state index < -0.39 is 0 Å². The Bertz CT molecular complexity index is 1010. The van der Waals surface area contributed by atoms with Crippen molar-refractivity contribution < 1.29 is 9.53 Å². The first-order chi connectivity index (χ1) is 14.9. The zero-order chi connectivity index (χ0) is 22.4. The maximum Gasteiger partial charge on any atom is 0.234 e. The van der Waals surface area contributed by atoms with Gasteiger partial charge in [-0.2, -0.15) is 0 Å². The molecule has 1 heterocycles. The summed E-state index contributed by atoms with van der Waals surface area (Å²) < 4.78 is 8.08. The number of ether oxygens (including phenoxy) is 1. The molecule has 1 amide bonds. The van der Waals surface area contributed by atoms with Gasteiger partial charge in [0.05, 0.1) is 5.75 Å². The summed E-state index contributed by atoms with van der Waals surface area (Å²) in [6.45, 7) is 10.8. The van der Waals surface area contributed by atoms with Crippen LogP contribution in [0.1, 0.15) is 49.4 Å². The minimum atomic E-state index is -0.252. The van der Waals surface area contributed by atoms with Crippen LogP contribution in [-0.4, -0.2) is 26.4 Å². The average Bonchev–Trinajstić information content (AvgIpc) is 3.18. The molecule has 0 fully saturated rings. The lowest BCUT2D eigenvalue weighted by atomic mass is 10.1. The van der Waals surface area contributed by atoms with Gasteiger partial charge >= 0.3 is 0 Å². The fraction of sp³-hybridized carbons (Fsp3) is 0.375. The summed E-state index contributed by atoms with van der Waals surface area (Å²) in [5.41, 5.74) is 4.25. The molecule has 164 valence electrons. The normalized spacial score (nSPS) is 11.9. The summed E-state index contributed by atoms with van der Waals surface area (Å²) in [5.74, 6) is 1.76. The van der Waals surface area contributed by atoms with Crippen molar-refractivity contribution in [3.8, 4) is 5.75 Å². The van der Waals surface area contributed by atoms with Crippen LogP contribution < -0.4 is 10.1 Å². The highest BCUT2D eigenvalue weighted by Crippen LogP contribution is 2.26. The highest BCUT2D eigenvalue weighted by atomic mass is 32.2. The quantitative estimate of drug-likeness (QED) is 0.456. The fourth-order valence-corrected chi connectivity index (χ4v) is 4.19. The molecule has 1 N–H and O–H groups in total. The number of rotatable bonds is 9. The van der Waals surface area contributed by atoms with E-state index >= 15 is 0 Å². The second-order valence-electron chi connectivity index (χ2n) is 7.45. The van der Waals surface area contributed by atoms with Crippen molar-refractivity contribution in [2.45, 2.75) is 58.8 Å². The Balaban J connectivity index is 1.64. The summed E-state index contributed by atoms with van der Waals surface area (Å²) in [5, 5.41) is 12.4. The maximum atomic E-state index is 12.5. The molecule has 3 rings (SSSR count). The average molecular weight is 439 g/mol. The van der Waals surface area contributed by atoms with E-state index in [-0.39, 0.29) is 17.8 Å². The van der Waals surface area contributed by atoms with Crippen molar-refractivity contribution in [1.29, 1.82) is 0 Å². The summed E-state index contributed by atoms with van der Waals surface area (Å²) in [6.07, 6.45) is 0.745. The molecule has 1 aromatic heterocycles. The van der Waals surface area contributed by atoms with Crippen LogP contribution in [-0.2, 0) is 17.8 Å². The Morgan fingerprint density at radius 1 is 1.10 bits per heavy atom. The predicted octanol–water partition coefficient (Wildman–Crippen LogP) is 5.35. The SMILES string of the molecule is CCc1ccc(O[C@@H](C)c2nnc(SCC(=O)Nc3c(C)cccc3C)n2CC)cc1. The van der Waals surface area contributed by atoms with Crippen LogP contribution in [0.3, 0.4) is 0 Å². The number of thioether (sulfide) groups is 1.